The van der Waals surface area contributed by atoms with Gasteiger partial charge in [0.15, 0.2) is 6.04 Å². The van der Waals surface area contributed by atoms with Crippen LogP contribution in [0.3, 0.4) is 0 Å². The number of alkyl carbamates (subject to hydrolysis) is 1. The predicted molar refractivity (Wildman–Crippen MR) is 171 cm³/mol. The van der Waals surface area contributed by atoms with Gasteiger partial charge < -0.3 is 35.2 Å². The summed E-state index contributed by atoms with van der Waals surface area (Å²) in [5.41, 5.74) is 0.382. The number of imide groups is 1. The first-order valence-electron chi connectivity index (χ1n) is 14.5. The summed E-state index contributed by atoms with van der Waals surface area (Å²) in [6.07, 6.45) is 1.49. The SMILES string of the molecule is C=CCN(C[C@@H](C(=O)O)N1C(=O)c2ccccc2C1=O)C(=O)OCc1ccccc1.C=CCNC[C@H](NC(=O)OC(C)(C)C)C(=O)O. The van der Waals surface area contributed by atoms with Crippen LogP contribution in [0.2, 0.25) is 0 Å². The molecule has 0 saturated carbocycles. The van der Waals surface area contributed by atoms with Gasteiger partial charge >= 0.3 is 24.1 Å². The number of nitrogens with zero attached hydrogens (tertiary/aromatic N) is 2. The molecule has 0 bridgehead atoms. The number of carboxylic acid groups (broad SMARTS) is 2. The van der Waals surface area contributed by atoms with E-state index in [1.165, 1.54) is 18.2 Å². The maximum absolute atomic E-state index is 12.7. The Morgan fingerprint density at radius 3 is 1.98 bits per heavy atom. The molecule has 0 saturated heterocycles. The van der Waals surface area contributed by atoms with Crippen LogP contribution in [0.15, 0.2) is 79.9 Å². The quantitative estimate of drug-likeness (QED) is 0.133. The Balaban J connectivity index is 0.000000387. The molecule has 0 fully saturated rings. The van der Waals surface area contributed by atoms with E-state index in [0.29, 0.717) is 11.4 Å². The number of amides is 4. The van der Waals surface area contributed by atoms with E-state index >= 15 is 0 Å². The molecule has 47 heavy (non-hydrogen) atoms. The lowest BCUT2D eigenvalue weighted by molar-refractivity contribution is -0.142. The fraction of sp³-hybridized carbons (Fsp3) is 0.333. The van der Waals surface area contributed by atoms with Crippen LogP contribution < -0.4 is 10.6 Å². The maximum atomic E-state index is 12.7. The molecule has 2 aromatic carbocycles. The predicted octanol–water partition coefficient (Wildman–Crippen LogP) is 3.30. The van der Waals surface area contributed by atoms with E-state index in [0.717, 1.165) is 10.5 Å². The Bertz CT molecular complexity index is 1420. The van der Waals surface area contributed by atoms with Crippen LogP contribution in [0.25, 0.3) is 0 Å². The van der Waals surface area contributed by atoms with Crippen molar-refractivity contribution in [3.63, 3.8) is 0 Å². The van der Waals surface area contributed by atoms with Crippen LogP contribution in [0.1, 0.15) is 47.1 Å². The van der Waals surface area contributed by atoms with Crippen LogP contribution in [0.5, 0.6) is 0 Å². The van der Waals surface area contributed by atoms with Gasteiger partial charge in [0.2, 0.25) is 0 Å². The molecule has 4 N–H and O–H groups in total. The van der Waals surface area contributed by atoms with Crippen LogP contribution in [-0.2, 0) is 25.7 Å². The second-order valence-corrected chi connectivity index (χ2v) is 11.1. The number of carbonyl (C=O) groups excluding carboxylic acids is 4. The molecule has 3 rings (SSSR count). The lowest BCUT2D eigenvalue weighted by Crippen LogP contribution is -2.52. The largest absolute Gasteiger partial charge is 0.480 e. The Labute approximate surface area is 272 Å². The third-order valence-electron chi connectivity index (χ3n) is 6.25. The molecule has 4 amide bonds. The molecular weight excluding hydrogens is 612 g/mol. The van der Waals surface area contributed by atoms with E-state index in [-0.39, 0.29) is 30.8 Å². The number of hydrogen-bond acceptors (Lipinski definition) is 9. The van der Waals surface area contributed by atoms with Crippen LogP contribution in [0, 0.1) is 0 Å². The van der Waals surface area contributed by atoms with E-state index in [2.05, 4.69) is 23.8 Å². The molecule has 2 aromatic rings. The fourth-order valence-electron chi connectivity index (χ4n) is 4.14. The third kappa shape index (κ3) is 11.7. The second kappa shape index (κ2) is 17.8. The van der Waals surface area contributed by atoms with Gasteiger partial charge in [-0.2, -0.15) is 0 Å². The van der Waals surface area contributed by atoms with E-state index in [4.69, 9.17) is 14.6 Å². The zero-order chi connectivity index (χ0) is 35.1. The number of carbonyl (C=O) groups is 6. The monoisotopic (exact) mass is 652 g/mol. The molecule has 0 aromatic heterocycles. The molecular formula is C33H40N4O10. The Morgan fingerprint density at radius 1 is 0.915 bits per heavy atom. The van der Waals surface area contributed by atoms with Gasteiger partial charge in [-0.15, -0.1) is 13.2 Å². The highest BCUT2D eigenvalue weighted by molar-refractivity contribution is 6.22. The summed E-state index contributed by atoms with van der Waals surface area (Å²) >= 11 is 0. The first kappa shape index (κ1) is 37.7. The van der Waals surface area contributed by atoms with Crippen molar-refractivity contribution < 1.29 is 48.5 Å². The van der Waals surface area contributed by atoms with Crippen LogP contribution in [0.4, 0.5) is 9.59 Å². The highest BCUT2D eigenvalue weighted by Crippen LogP contribution is 2.25. The van der Waals surface area contributed by atoms with Crippen molar-refractivity contribution in [2.24, 2.45) is 0 Å². The lowest BCUT2D eigenvalue weighted by Gasteiger charge is -2.28. The highest BCUT2D eigenvalue weighted by atomic mass is 16.6. The molecule has 0 unspecified atom stereocenters. The van der Waals surface area contributed by atoms with E-state index in [9.17, 15) is 33.9 Å². The number of hydrogen-bond donors (Lipinski definition) is 4. The molecule has 0 radical (unpaired) electrons. The van der Waals surface area contributed by atoms with Crippen molar-refractivity contribution in [3.8, 4) is 0 Å². The summed E-state index contributed by atoms with van der Waals surface area (Å²) in [5, 5.41) is 23.7. The summed E-state index contributed by atoms with van der Waals surface area (Å²) in [6.45, 7) is 12.3. The summed E-state index contributed by atoms with van der Waals surface area (Å²) in [4.78, 5) is 73.8. The molecule has 14 nitrogen and oxygen atoms in total. The zero-order valence-corrected chi connectivity index (χ0v) is 26.5. The Morgan fingerprint density at radius 2 is 1.49 bits per heavy atom. The average Bonchev–Trinajstić information content (AvgIpc) is 3.26. The van der Waals surface area contributed by atoms with Crippen molar-refractivity contribution in [3.05, 3.63) is 96.6 Å². The molecule has 1 heterocycles. The number of aliphatic carboxylic acids is 2. The topological polar surface area (TPSA) is 192 Å². The van der Waals surface area contributed by atoms with Gasteiger partial charge in [0.1, 0.15) is 18.2 Å². The fourth-order valence-corrected chi connectivity index (χ4v) is 4.14. The van der Waals surface area contributed by atoms with E-state index in [1.54, 1.807) is 63.2 Å². The summed E-state index contributed by atoms with van der Waals surface area (Å²) in [6, 6.07) is 12.5. The lowest BCUT2D eigenvalue weighted by atomic mass is 10.1. The Hall–Kier alpha value is -5.50. The molecule has 0 aliphatic carbocycles. The molecule has 0 spiro atoms. The Kier molecular flexibility index (Phi) is 14.3. The molecule has 14 heteroatoms. The number of rotatable bonds is 14. The molecule has 1 aliphatic heterocycles. The summed E-state index contributed by atoms with van der Waals surface area (Å²) < 4.78 is 10.2. The van der Waals surface area contributed by atoms with Gasteiger partial charge in [-0.3, -0.25) is 14.5 Å². The number of carboxylic acids is 2. The minimum atomic E-state index is -1.57. The van der Waals surface area contributed by atoms with Crippen molar-refractivity contribution in [2.75, 3.05) is 26.2 Å². The first-order chi connectivity index (χ1) is 22.2. The summed E-state index contributed by atoms with van der Waals surface area (Å²) in [7, 11) is 0. The van der Waals surface area contributed by atoms with Crippen molar-refractivity contribution in [1.29, 1.82) is 0 Å². The minimum absolute atomic E-state index is 0.00191. The number of benzene rings is 2. The van der Waals surface area contributed by atoms with Gasteiger partial charge in [-0.25, -0.2) is 19.2 Å². The second-order valence-electron chi connectivity index (χ2n) is 11.1. The van der Waals surface area contributed by atoms with Gasteiger partial charge in [-0.1, -0.05) is 54.6 Å². The van der Waals surface area contributed by atoms with Crippen molar-refractivity contribution in [2.45, 2.75) is 45.1 Å². The minimum Gasteiger partial charge on any atom is -0.480 e. The standard InChI is InChI=1S/C22H20N2O6.C11H20N2O4/c1-2-12-23(22(29)30-14-15-8-4-3-5-9-15)13-18(21(27)28)24-19(25)16-10-6-7-11-17(16)20(24)26;1-5-6-12-7-8(9(14)15)13-10(16)17-11(2,3)4/h2-11,18H,1,12-14H2,(H,27,28);5,8,12H,1,6-7H2,2-4H3,(H,13,16)(H,14,15)/t18-;8-/m00/s1. The molecule has 2 atom stereocenters. The van der Waals surface area contributed by atoms with Gasteiger partial charge in [0, 0.05) is 19.6 Å². The third-order valence-corrected chi connectivity index (χ3v) is 6.25. The zero-order valence-electron chi connectivity index (χ0n) is 26.5. The average molecular weight is 653 g/mol. The number of fused-ring (bicyclic) bond motifs is 1. The van der Waals surface area contributed by atoms with Crippen LogP contribution in [-0.4, -0.2) is 99.8 Å². The maximum Gasteiger partial charge on any atom is 0.410 e. The number of nitrogens with one attached hydrogen (secondary N) is 2. The van der Waals surface area contributed by atoms with Gasteiger partial charge in [0.05, 0.1) is 17.7 Å². The summed E-state index contributed by atoms with van der Waals surface area (Å²) in [5.74, 6) is -3.94. The smallest absolute Gasteiger partial charge is 0.410 e. The van der Waals surface area contributed by atoms with Crippen molar-refractivity contribution >= 4 is 35.9 Å². The van der Waals surface area contributed by atoms with Gasteiger partial charge in [0.25, 0.3) is 11.8 Å². The molecule has 1 aliphatic rings. The van der Waals surface area contributed by atoms with Crippen molar-refractivity contribution in [1.82, 2.24) is 20.4 Å². The van der Waals surface area contributed by atoms with Gasteiger partial charge in [-0.05, 0) is 38.5 Å². The highest BCUT2D eigenvalue weighted by Gasteiger charge is 2.44. The first-order valence-corrected chi connectivity index (χ1v) is 14.5. The van der Waals surface area contributed by atoms with Crippen LogP contribution >= 0.6 is 0 Å². The van der Waals surface area contributed by atoms with E-state index < -0.39 is 60.2 Å². The van der Waals surface area contributed by atoms with E-state index in [1.807, 2.05) is 6.07 Å². The normalized spacial score (nSPS) is 13.2. The number of ether oxygens (including phenoxy) is 2. The molecule has 252 valence electrons.